The normalized spacial score (nSPS) is 33.9. The molecule has 7 rings (SSSR count). The molecule has 1 saturated carbocycles. The van der Waals surface area contributed by atoms with Crippen LogP contribution in [0, 0.1) is 17.8 Å². The predicted octanol–water partition coefficient (Wildman–Crippen LogP) is 4.08. The van der Waals surface area contributed by atoms with Crippen molar-refractivity contribution in [2.45, 2.75) is 28.5 Å². The van der Waals surface area contributed by atoms with Crippen LogP contribution < -0.4 is 9.80 Å². The smallest absolute Gasteiger partial charge is 0.253 e. The third kappa shape index (κ3) is 3.87. The Morgan fingerprint density at radius 2 is 1.58 bits per heavy atom. The quantitative estimate of drug-likeness (QED) is 0.305. The van der Waals surface area contributed by atoms with Crippen molar-refractivity contribution in [2.75, 3.05) is 43.2 Å². The fourth-order valence-electron chi connectivity index (χ4n) is 7.73. The first-order chi connectivity index (χ1) is 20.5. The number of carbonyl (C=O) groups excluding carboxylic acids is 4. The van der Waals surface area contributed by atoms with Crippen molar-refractivity contribution >= 4 is 69.8 Å². The minimum Gasteiger partial charge on any atom is -0.508 e. The standard InChI is InChI=1S/C31H28Cl3N3O6/c1-35-28(41)30(33)15-22-19(25(31(30,34)29(35)42)21-14-16(32)2-9-23(21)38)7-8-20-24(22)27(40)37(26(20)39)18-5-3-17(4-6-18)36-10-12-43-13-11-36/h2-7,9,14,20,22,24-25,38H,8,10-13,15H2,1H3. The van der Waals surface area contributed by atoms with Crippen LogP contribution in [0.4, 0.5) is 11.4 Å². The maximum absolute atomic E-state index is 14.2. The Labute approximate surface area is 262 Å². The number of anilines is 2. The Morgan fingerprint density at radius 3 is 2.28 bits per heavy atom. The minimum absolute atomic E-state index is 0.124. The average molecular weight is 645 g/mol. The maximum atomic E-state index is 14.2. The van der Waals surface area contributed by atoms with E-state index in [1.165, 1.54) is 30.1 Å². The van der Waals surface area contributed by atoms with Crippen LogP contribution in [0.2, 0.25) is 5.02 Å². The van der Waals surface area contributed by atoms with Crippen molar-refractivity contribution in [2.24, 2.45) is 17.8 Å². The van der Waals surface area contributed by atoms with Gasteiger partial charge in [-0.1, -0.05) is 23.3 Å². The number of hydrogen-bond acceptors (Lipinski definition) is 7. The number of morpholine rings is 1. The van der Waals surface area contributed by atoms with Crippen molar-refractivity contribution in [1.29, 1.82) is 0 Å². The van der Waals surface area contributed by atoms with Crippen molar-refractivity contribution in [1.82, 2.24) is 4.90 Å². The molecule has 224 valence electrons. The summed E-state index contributed by atoms with van der Waals surface area (Å²) in [6.45, 7) is 2.77. The molecule has 1 N–H and O–H groups in total. The number of halogens is 3. The SMILES string of the molecule is CN1C(=O)C2(Cl)CC3C(=CCC4C(=O)N(c5ccc(N6CCOCC6)cc5)C(=O)C43)C(c3cc(Cl)ccc3O)C2(Cl)C1=O. The summed E-state index contributed by atoms with van der Waals surface area (Å²) in [5.41, 5.74) is 2.25. The fourth-order valence-corrected chi connectivity index (χ4v) is 8.93. The molecule has 9 nitrogen and oxygen atoms in total. The number of likely N-dealkylation sites (tertiary alicyclic amines) is 1. The number of phenols is 1. The maximum Gasteiger partial charge on any atom is 0.253 e. The summed E-state index contributed by atoms with van der Waals surface area (Å²) in [5, 5.41) is 11.3. The topological polar surface area (TPSA) is 107 Å². The number of amides is 4. The molecule has 4 fully saturated rings. The summed E-state index contributed by atoms with van der Waals surface area (Å²) in [4.78, 5) is 55.6. The van der Waals surface area contributed by atoms with Gasteiger partial charge in [0.1, 0.15) is 5.75 Å². The molecule has 12 heteroatoms. The molecule has 3 saturated heterocycles. The Morgan fingerprint density at radius 1 is 0.907 bits per heavy atom. The van der Waals surface area contributed by atoms with E-state index in [1.807, 2.05) is 18.2 Å². The Hall–Kier alpha value is -3.11. The van der Waals surface area contributed by atoms with E-state index in [-0.39, 0.29) is 35.1 Å². The van der Waals surface area contributed by atoms with Crippen molar-refractivity contribution in [3.05, 3.63) is 64.7 Å². The molecule has 0 aromatic heterocycles. The molecule has 0 bridgehead atoms. The zero-order valence-corrected chi connectivity index (χ0v) is 25.4. The summed E-state index contributed by atoms with van der Waals surface area (Å²) < 4.78 is 5.43. The predicted molar refractivity (Wildman–Crippen MR) is 161 cm³/mol. The molecule has 0 spiro atoms. The molecule has 5 aliphatic rings. The van der Waals surface area contributed by atoms with Crippen LogP contribution in [0.15, 0.2) is 54.1 Å². The molecule has 2 aromatic carbocycles. The first-order valence-electron chi connectivity index (χ1n) is 14.2. The van der Waals surface area contributed by atoms with E-state index in [4.69, 9.17) is 39.5 Å². The van der Waals surface area contributed by atoms with E-state index in [0.717, 1.165) is 23.7 Å². The van der Waals surface area contributed by atoms with Crippen LogP contribution in [0.3, 0.4) is 0 Å². The molecule has 6 atom stereocenters. The lowest BCUT2D eigenvalue weighted by Gasteiger charge is -2.50. The van der Waals surface area contributed by atoms with Crippen LogP contribution in [-0.2, 0) is 23.9 Å². The second kappa shape index (κ2) is 9.95. The van der Waals surface area contributed by atoms with Gasteiger partial charge in [0.15, 0.2) is 9.75 Å². The van der Waals surface area contributed by atoms with Gasteiger partial charge in [0.05, 0.1) is 30.7 Å². The van der Waals surface area contributed by atoms with E-state index >= 15 is 0 Å². The number of hydrogen-bond donors (Lipinski definition) is 1. The van der Waals surface area contributed by atoms with Gasteiger partial charge in [0.2, 0.25) is 11.8 Å². The zero-order chi connectivity index (χ0) is 30.4. The van der Waals surface area contributed by atoms with Crippen molar-refractivity contribution in [3.63, 3.8) is 0 Å². The minimum atomic E-state index is -1.99. The van der Waals surface area contributed by atoms with E-state index in [0.29, 0.717) is 24.5 Å². The lowest BCUT2D eigenvalue weighted by Crippen LogP contribution is -2.60. The van der Waals surface area contributed by atoms with Gasteiger partial charge in [-0.15, -0.1) is 23.2 Å². The number of alkyl halides is 2. The number of imide groups is 2. The van der Waals surface area contributed by atoms with Crippen LogP contribution >= 0.6 is 34.8 Å². The monoisotopic (exact) mass is 643 g/mol. The Bertz CT molecular complexity index is 1610. The van der Waals surface area contributed by atoms with Crippen LogP contribution in [0.5, 0.6) is 5.75 Å². The molecule has 6 unspecified atom stereocenters. The van der Waals surface area contributed by atoms with Crippen LogP contribution in [0.1, 0.15) is 24.3 Å². The van der Waals surface area contributed by atoms with Crippen molar-refractivity contribution in [3.8, 4) is 5.75 Å². The Kier molecular flexibility index (Phi) is 6.63. The number of ether oxygens (including phenoxy) is 1. The lowest BCUT2D eigenvalue weighted by molar-refractivity contribution is -0.138. The number of nitrogens with zero attached hydrogens (tertiary/aromatic N) is 3. The summed E-state index contributed by atoms with van der Waals surface area (Å²) in [6, 6.07) is 11.7. The van der Waals surface area contributed by atoms with Gasteiger partial charge in [0, 0.05) is 42.3 Å². The van der Waals surface area contributed by atoms with Gasteiger partial charge in [-0.2, -0.15) is 0 Å². The molecule has 2 aromatic rings. The highest BCUT2D eigenvalue weighted by molar-refractivity contribution is 6.53. The van der Waals surface area contributed by atoms with Gasteiger partial charge < -0.3 is 14.7 Å². The molecule has 3 heterocycles. The fraction of sp³-hybridized carbons (Fsp3) is 0.419. The second-order valence-corrected chi connectivity index (χ2v) is 13.5. The van der Waals surface area contributed by atoms with Gasteiger partial charge in [-0.25, -0.2) is 0 Å². The highest BCUT2D eigenvalue weighted by atomic mass is 35.5. The van der Waals surface area contributed by atoms with E-state index in [1.54, 1.807) is 12.1 Å². The molecule has 43 heavy (non-hydrogen) atoms. The number of fused-ring (bicyclic) bond motifs is 4. The number of rotatable bonds is 3. The highest BCUT2D eigenvalue weighted by Gasteiger charge is 2.76. The molecular weight excluding hydrogens is 617 g/mol. The molecule has 3 aliphatic heterocycles. The van der Waals surface area contributed by atoms with Crippen LogP contribution in [0.25, 0.3) is 0 Å². The van der Waals surface area contributed by atoms with Crippen molar-refractivity contribution < 1.29 is 29.0 Å². The molecule has 4 amide bonds. The summed E-state index contributed by atoms with van der Waals surface area (Å²) in [6.07, 6.45) is 1.92. The molecular formula is C31H28Cl3N3O6. The largest absolute Gasteiger partial charge is 0.508 e. The van der Waals surface area contributed by atoms with Gasteiger partial charge in [0.25, 0.3) is 11.8 Å². The number of allylic oxidation sites excluding steroid dienone is 2. The Balaban J connectivity index is 1.30. The third-order valence-electron chi connectivity index (χ3n) is 9.80. The van der Waals surface area contributed by atoms with Gasteiger partial charge in [-0.05, 0) is 61.2 Å². The van der Waals surface area contributed by atoms with Gasteiger partial charge >= 0.3 is 0 Å². The summed E-state index contributed by atoms with van der Waals surface area (Å²) in [7, 11) is 1.32. The van der Waals surface area contributed by atoms with E-state index in [2.05, 4.69) is 4.90 Å². The number of phenolic OH excluding ortho intramolecular Hbond substituents is 1. The number of aromatic hydroxyl groups is 1. The van der Waals surface area contributed by atoms with E-state index < -0.39 is 51.1 Å². The highest BCUT2D eigenvalue weighted by Crippen LogP contribution is 2.66. The lowest BCUT2D eigenvalue weighted by atomic mass is 9.56. The summed E-state index contributed by atoms with van der Waals surface area (Å²) >= 11 is 20.6. The van der Waals surface area contributed by atoms with E-state index in [9.17, 15) is 24.3 Å². The number of benzene rings is 2. The summed E-state index contributed by atoms with van der Waals surface area (Å²) in [5.74, 6) is -5.56. The van der Waals surface area contributed by atoms with Crippen LogP contribution in [-0.4, -0.2) is 76.7 Å². The molecule has 2 aliphatic carbocycles. The number of carbonyl (C=O) groups is 4. The van der Waals surface area contributed by atoms with Gasteiger partial charge in [-0.3, -0.25) is 29.0 Å². The first kappa shape index (κ1) is 28.6. The second-order valence-electron chi connectivity index (χ2n) is 11.8. The average Bonchev–Trinajstić information content (AvgIpc) is 3.34. The third-order valence-corrected chi connectivity index (χ3v) is 11.4. The molecule has 0 radical (unpaired) electrons. The zero-order valence-electron chi connectivity index (χ0n) is 23.1. The first-order valence-corrected chi connectivity index (χ1v) is 15.3.